The van der Waals surface area contributed by atoms with Gasteiger partial charge < -0.3 is 10.1 Å². The molecule has 1 amide bonds. The third-order valence-electron chi connectivity index (χ3n) is 4.21. The Kier molecular flexibility index (Phi) is 6.01. The maximum atomic E-state index is 12.3. The molecule has 0 unspecified atom stereocenters. The van der Waals surface area contributed by atoms with Gasteiger partial charge in [-0.2, -0.15) is 0 Å². The molecule has 0 spiro atoms. The highest BCUT2D eigenvalue weighted by Gasteiger charge is 2.22. The van der Waals surface area contributed by atoms with Crippen LogP contribution in [-0.2, 0) is 14.3 Å². The molecule has 3 rings (SSSR count). The number of hydrogen-bond donors (Lipinski definition) is 1. The fraction of sp³-hybridized carbons (Fsp3) is 0.300. The van der Waals surface area contributed by atoms with Gasteiger partial charge in [-0.15, -0.1) is 11.3 Å². The standard InChI is InChI=1S/C20H21NO3S/c22-18(14-24-20(23)16-10-5-2-6-11-16)21-19(17-12-7-13-25-17)15-8-3-1-4-9-15/h1-5,7-9,12-13,16,19H,6,10-11,14H2,(H,21,22)/t16-,19+/m1/s1. The molecular formula is C20H21NO3S. The Hall–Kier alpha value is -2.40. The summed E-state index contributed by atoms with van der Waals surface area (Å²) in [5, 5.41) is 4.95. The third-order valence-corrected chi connectivity index (χ3v) is 5.15. The summed E-state index contributed by atoms with van der Waals surface area (Å²) >= 11 is 1.58. The lowest BCUT2D eigenvalue weighted by molar-refractivity contribution is -0.153. The van der Waals surface area contributed by atoms with E-state index in [9.17, 15) is 9.59 Å². The van der Waals surface area contributed by atoms with Crippen LogP contribution in [0.4, 0.5) is 0 Å². The first-order chi connectivity index (χ1) is 12.2. The Balaban J connectivity index is 1.59. The summed E-state index contributed by atoms with van der Waals surface area (Å²) in [7, 11) is 0. The second-order valence-corrected chi connectivity index (χ2v) is 6.99. The van der Waals surface area contributed by atoms with E-state index in [1.54, 1.807) is 11.3 Å². The van der Waals surface area contributed by atoms with Crippen molar-refractivity contribution in [2.45, 2.75) is 25.3 Å². The Morgan fingerprint density at radius 3 is 2.68 bits per heavy atom. The molecule has 0 bridgehead atoms. The van der Waals surface area contributed by atoms with Gasteiger partial charge in [0.05, 0.1) is 12.0 Å². The molecule has 0 saturated carbocycles. The molecule has 0 radical (unpaired) electrons. The minimum absolute atomic E-state index is 0.125. The van der Waals surface area contributed by atoms with Gasteiger partial charge in [0.15, 0.2) is 6.61 Å². The zero-order chi connectivity index (χ0) is 17.5. The van der Waals surface area contributed by atoms with E-state index in [-0.39, 0.29) is 30.4 Å². The molecule has 1 aliphatic carbocycles. The molecule has 2 atom stereocenters. The average molecular weight is 355 g/mol. The normalized spacial score (nSPS) is 17.7. The van der Waals surface area contributed by atoms with Crippen LogP contribution >= 0.6 is 11.3 Å². The SMILES string of the molecule is O=C(COC(=O)[C@@H]1CC=CCC1)N[C@@H](c1ccccc1)c1cccs1. The molecule has 130 valence electrons. The number of carbonyl (C=O) groups is 2. The first-order valence-electron chi connectivity index (χ1n) is 8.43. The summed E-state index contributed by atoms with van der Waals surface area (Å²) in [4.78, 5) is 25.4. The Morgan fingerprint density at radius 1 is 1.16 bits per heavy atom. The van der Waals surface area contributed by atoms with Crippen molar-refractivity contribution in [2.24, 2.45) is 5.92 Å². The van der Waals surface area contributed by atoms with Crippen LogP contribution in [0.1, 0.15) is 35.7 Å². The van der Waals surface area contributed by atoms with Crippen molar-refractivity contribution in [3.63, 3.8) is 0 Å². The summed E-state index contributed by atoms with van der Waals surface area (Å²) in [5.41, 5.74) is 1.00. The van der Waals surface area contributed by atoms with E-state index in [0.717, 1.165) is 23.3 Å². The predicted octanol–water partition coefficient (Wildman–Crippen LogP) is 3.85. The van der Waals surface area contributed by atoms with Crippen molar-refractivity contribution in [3.05, 3.63) is 70.4 Å². The van der Waals surface area contributed by atoms with Gasteiger partial charge in [-0.05, 0) is 36.3 Å². The molecule has 2 aromatic rings. The molecule has 1 heterocycles. The number of allylic oxidation sites excluding steroid dienone is 2. The lowest BCUT2D eigenvalue weighted by atomic mass is 9.95. The quantitative estimate of drug-likeness (QED) is 0.632. The topological polar surface area (TPSA) is 55.4 Å². The molecule has 5 heteroatoms. The summed E-state index contributed by atoms with van der Waals surface area (Å²) in [6.45, 7) is -0.242. The second-order valence-electron chi connectivity index (χ2n) is 6.02. The largest absolute Gasteiger partial charge is 0.455 e. The maximum Gasteiger partial charge on any atom is 0.309 e. The molecule has 1 aromatic heterocycles. The molecule has 1 aliphatic rings. The maximum absolute atomic E-state index is 12.3. The van der Waals surface area contributed by atoms with Crippen molar-refractivity contribution in [1.82, 2.24) is 5.32 Å². The van der Waals surface area contributed by atoms with E-state index in [1.807, 2.05) is 53.9 Å². The van der Waals surface area contributed by atoms with Crippen molar-refractivity contribution in [3.8, 4) is 0 Å². The summed E-state index contributed by atoms with van der Waals surface area (Å²) < 4.78 is 5.22. The van der Waals surface area contributed by atoms with Crippen LogP contribution in [0.5, 0.6) is 0 Å². The highest BCUT2D eigenvalue weighted by Crippen LogP contribution is 2.26. The highest BCUT2D eigenvalue weighted by atomic mass is 32.1. The summed E-state index contributed by atoms with van der Waals surface area (Å²) in [5.74, 6) is -0.700. The van der Waals surface area contributed by atoms with Crippen molar-refractivity contribution in [2.75, 3.05) is 6.61 Å². The number of esters is 1. The van der Waals surface area contributed by atoms with Crippen LogP contribution in [0, 0.1) is 5.92 Å². The number of hydrogen-bond acceptors (Lipinski definition) is 4. The fourth-order valence-corrected chi connectivity index (χ4v) is 3.69. The zero-order valence-corrected chi connectivity index (χ0v) is 14.7. The molecular weight excluding hydrogens is 334 g/mol. The summed E-state index contributed by atoms with van der Waals surface area (Å²) in [6.07, 6.45) is 6.45. The van der Waals surface area contributed by atoms with Crippen molar-refractivity contribution < 1.29 is 14.3 Å². The van der Waals surface area contributed by atoms with E-state index >= 15 is 0 Å². The Labute approximate surface area is 151 Å². The number of carbonyl (C=O) groups excluding carboxylic acids is 2. The molecule has 0 fully saturated rings. The monoisotopic (exact) mass is 355 g/mol. The molecule has 0 saturated heterocycles. The van der Waals surface area contributed by atoms with Gasteiger partial charge in [-0.25, -0.2) is 0 Å². The van der Waals surface area contributed by atoms with Crippen LogP contribution in [-0.4, -0.2) is 18.5 Å². The molecule has 1 aromatic carbocycles. The molecule has 1 N–H and O–H groups in total. The van der Waals surface area contributed by atoms with Crippen LogP contribution in [0.15, 0.2) is 60.0 Å². The van der Waals surface area contributed by atoms with E-state index in [4.69, 9.17) is 4.74 Å². The van der Waals surface area contributed by atoms with E-state index in [0.29, 0.717) is 6.42 Å². The lowest BCUT2D eigenvalue weighted by Crippen LogP contribution is -2.33. The molecule has 4 nitrogen and oxygen atoms in total. The van der Waals surface area contributed by atoms with Gasteiger partial charge in [0.2, 0.25) is 0 Å². The lowest BCUT2D eigenvalue weighted by Gasteiger charge is -2.19. The Bertz CT molecular complexity index is 725. The smallest absolute Gasteiger partial charge is 0.309 e. The van der Waals surface area contributed by atoms with Gasteiger partial charge in [0.25, 0.3) is 5.91 Å². The Morgan fingerprint density at radius 2 is 2.00 bits per heavy atom. The molecule has 25 heavy (non-hydrogen) atoms. The van der Waals surface area contributed by atoms with Crippen LogP contribution < -0.4 is 5.32 Å². The number of amides is 1. The second kappa shape index (κ2) is 8.62. The highest BCUT2D eigenvalue weighted by molar-refractivity contribution is 7.10. The fourth-order valence-electron chi connectivity index (χ4n) is 2.88. The minimum atomic E-state index is -0.290. The number of thiophene rings is 1. The first kappa shape index (κ1) is 17.4. The predicted molar refractivity (Wildman–Crippen MR) is 98.2 cm³/mol. The zero-order valence-electron chi connectivity index (χ0n) is 13.9. The van der Waals surface area contributed by atoms with Gasteiger partial charge in [-0.1, -0.05) is 48.6 Å². The number of benzene rings is 1. The van der Waals surface area contributed by atoms with E-state index < -0.39 is 0 Å². The number of rotatable bonds is 6. The molecule has 0 aliphatic heterocycles. The first-order valence-corrected chi connectivity index (χ1v) is 9.31. The van der Waals surface area contributed by atoms with Gasteiger partial charge >= 0.3 is 5.97 Å². The number of nitrogens with one attached hydrogen (secondary N) is 1. The van der Waals surface area contributed by atoms with Crippen LogP contribution in [0.2, 0.25) is 0 Å². The minimum Gasteiger partial charge on any atom is -0.455 e. The average Bonchev–Trinajstić information content (AvgIpc) is 3.20. The van der Waals surface area contributed by atoms with Gasteiger partial charge in [0.1, 0.15) is 0 Å². The van der Waals surface area contributed by atoms with E-state index in [1.165, 1.54) is 0 Å². The van der Waals surface area contributed by atoms with Gasteiger partial charge in [-0.3, -0.25) is 9.59 Å². The van der Waals surface area contributed by atoms with Gasteiger partial charge in [0, 0.05) is 4.88 Å². The van der Waals surface area contributed by atoms with Crippen LogP contribution in [0.25, 0.3) is 0 Å². The summed E-state index contributed by atoms with van der Waals surface area (Å²) in [6, 6.07) is 13.5. The number of ether oxygens (including phenoxy) is 1. The third kappa shape index (κ3) is 4.79. The van der Waals surface area contributed by atoms with Crippen LogP contribution in [0.3, 0.4) is 0 Å². The van der Waals surface area contributed by atoms with E-state index in [2.05, 4.69) is 11.4 Å². The van der Waals surface area contributed by atoms with Crippen molar-refractivity contribution >= 4 is 23.2 Å². The van der Waals surface area contributed by atoms with Crippen molar-refractivity contribution in [1.29, 1.82) is 0 Å².